The van der Waals surface area contributed by atoms with Gasteiger partial charge in [0.05, 0.1) is 5.69 Å². The van der Waals surface area contributed by atoms with E-state index in [1.807, 2.05) is 6.92 Å². The number of benzene rings is 1. The van der Waals surface area contributed by atoms with Crippen LogP contribution >= 0.6 is 0 Å². The third-order valence-electron chi connectivity index (χ3n) is 4.98. The Morgan fingerprint density at radius 1 is 1.33 bits per heavy atom. The first-order chi connectivity index (χ1) is 11.6. The van der Waals surface area contributed by atoms with Crippen LogP contribution in [0.4, 0.5) is 19.3 Å². The van der Waals surface area contributed by atoms with E-state index < -0.39 is 17.7 Å². The molecule has 3 aliphatic rings. The number of carbonyl (C=O) groups is 1. The number of halogens is 2. The highest BCUT2D eigenvalue weighted by Crippen LogP contribution is 2.33. The van der Waals surface area contributed by atoms with Gasteiger partial charge in [0.1, 0.15) is 11.6 Å². The van der Waals surface area contributed by atoms with Gasteiger partial charge in [-0.2, -0.15) is 0 Å². The Hall–Kier alpha value is -1.69. The number of hydrogen-bond donors (Lipinski definition) is 0. The lowest BCUT2D eigenvalue weighted by molar-refractivity contribution is -0.0812. The lowest BCUT2D eigenvalue weighted by atomic mass is 9.87. The first kappa shape index (κ1) is 17.1. The summed E-state index contributed by atoms with van der Waals surface area (Å²) in [4.78, 5) is 16.0. The van der Waals surface area contributed by atoms with Gasteiger partial charge >= 0.3 is 6.09 Å². The monoisotopic (exact) mass is 338 g/mol. The molecular weight excluding hydrogens is 314 g/mol. The molecule has 0 saturated carbocycles. The SMILES string of the molecule is CCCCN(C(=O)OC1CC2CCN1CC2)c1cc(F)ccc1F. The number of carbonyl (C=O) groups excluding carboxylic acids is 1. The Bertz CT molecular complexity index is 588. The van der Waals surface area contributed by atoms with E-state index in [-0.39, 0.29) is 11.9 Å². The van der Waals surface area contributed by atoms with E-state index in [9.17, 15) is 13.6 Å². The lowest BCUT2D eigenvalue weighted by Crippen LogP contribution is -2.52. The van der Waals surface area contributed by atoms with Gasteiger partial charge in [0.2, 0.25) is 0 Å². The minimum atomic E-state index is -0.616. The van der Waals surface area contributed by atoms with E-state index in [1.54, 1.807) is 0 Å². The second-order valence-corrected chi connectivity index (χ2v) is 6.65. The molecule has 0 N–H and O–H groups in total. The molecule has 3 saturated heterocycles. The highest BCUT2D eigenvalue weighted by atomic mass is 19.1. The number of ether oxygens (including phenoxy) is 1. The summed E-state index contributed by atoms with van der Waals surface area (Å²) >= 11 is 0. The molecule has 1 aromatic rings. The first-order valence-electron chi connectivity index (χ1n) is 8.75. The Balaban J connectivity index is 1.75. The summed E-state index contributed by atoms with van der Waals surface area (Å²) in [6.45, 7) is 4.17. The number of nitrogens with zero attached hydrogens (tertiary/aromatic N) is 2. The van der Waals surface area contributed by atoms with Crippen LogP contribution in [0.2, 0.25) is 0 Å². The van der Waals surface area contributed by atoms with Crippen LogP contribution in [0.3, 0.4) is 0 Å². The molecule has 4 nitrogen and oxygen atoms in total. The molecule has 0 radical (unpaired) electrons. The summed E-state index contributed by atoms with van der Waals surface area (Å²) in [5, 5.41) is 0. The van der Waals surface area contributed by atoms with E-state index in [0.717, 1.165) is 57.0 Å². The van der Waals surface area contributed by atoms with Crippen LogP contribution in [0, 0.1) is 17.6 Å². The number of anilines is 1. The van der Waals surface area contributed by atoms with Crippen molar-refractivity contribution in [2.24, 2.45) is 5.92 Å². The standard InChI is InChI=1S/C18H24F2N2O2/c1-2-3-8-22(16-12-14(19)4-5-15(16)20)18(23)24-17-11-13-6-9-21(17)10-7-13/h4-5,12-13,17H,2-3,6-11H2,1H3. The minimum Gasteiger partial charge on any atom is -0.430 e. The molecule has 0 aromatic heterocycles. The first-order valence-corrected chi connectivity index (χ1v) is 8.75. The molecule has 1 amide bonds. The number of amides is 1. The molecule has 1 unspecified atom stereocenters. The van der Waals surface area contributed by atoms with Crippen LogP contribution < -0.4 is 4.90 Å². The fourth-order valence-corrected chi connectivity index (χ4v) is 3.53. The normalized spacial score (nSPS) is 25.5. The summed E-state index contributed by atoms with van der Waals surface area (Å²) in [5.41, 5.74) is -0.0515. The van der Waals surface area contributed by atoms with Crippen LogP contribution in [-0.2, 0) is 4.74 Å². The molecule has 0 aliphatic carbocycles. The maximum atomic E-state index is 14.1. The van der Waals surface area contributed by atoms with Gasteiger partial charge in [-0.05, 0) is 37.3 Å². The van der Waals surface area contributed by atoms with Crippen molar-refractivity contribution >= 4 is 11.8 Å². The van der Waals surface area contributed by atoms with E-state index >= 15 is 0 Å². The molecule has 3 heterocycles. The third kappa shape index (κ3) is 3.69. The quantitative estimate of drug-likeness (QED) is 0.808. The number of hydrogen-bond acceptors (Lipinski definition) is 3. The summed E-state index contributed by atoms with van der Waals surface area (Å²) in [5.74, 6) is -0.584. The van der Waals surface area contributed by atoms with Crippen molar-refractivity contribution in [1.29, 1.82) is 0 Å². The van der Waals surface area contributed by atoms with Crippen molar-refractivity contribution < 1.29 is 18.3 Å². The number of rotatable bonds is 5. The predicted molar refractivity (Wildman–Crippen MR) is 87.8 cm³/mol. The Kier molecular flexibility index (Phi) is 5.33. The molecular formula is C18H24F2N2O2. The molecule has 1 atom stereocenters. The number of fused-ring (bicyclic) bond motifs is 3. The minimum absolute atomic E-state index is 0.0515. The van der Waals surface area contributed by atoms with Crippen LogP contribution in [0.5, 0.6) is 0 Å². The smallest absolute Gasteiger partial charge is 0.415 e. The molecule has 3 fully saturated rings. The molecule has 3 aliphatic heterocycles. The van der Waals surface area contributed by atoms with Gasteiger partial charge in [-0.1, -0.05) is 13.3 Å². The summed E-state index contributed by atoms with van der Waals surface area (Å²) < 4.78 is 33.3. The second kappa shape index (κ2) is 7.47. The van der Waals surface area contributed by atoms with Gasteiger partial charge in [0.15, 0.2) is 6.23 Å². The van der Waals surface area contributed by atoms with Crippen molar-refractivity contribution in [3.8, 4) is 0 Å². The number of piperidine rings is 3. The summed E-state index contributed by atoms with van der Waals surface area (Å²) in [6, 6.07) is 3.15. The maximum absolute atomic E-state index is 14.1. The molecule has 2 bridgehead atoms. The maximum Gasteiger partial charge on any atom is 0.415 e. The molecule has 132 valence electrons. The summed E-state index contributed by atoms with van der Waals surface area (Å²) in [7, 11) is 0. The predicted octanol–water partition coefficient (Wildman–Crippen LogP) is 4.15. The zero-order valence-corrected chi connectivity index (χ0v) is 14.0. The van der Waals surface area contributed by atoms with Crippen molar-refractivity contribution in [3.05, 3.63) is 29.8 Å². The van der Waals surface area contributed by atoms with Gasteiger partial charge in [-0.25, -0.2) is 13.6 Å². The molecule has 1 aromatic carbocycles. The topological polar surface area (TPSA) is 32.8 Å². The Morgan fingerprint density at radius 2 is 2.08 bits per heavy atom. The van der Waals surface area contributed by atoms with Gasteiger partial charge < -0.3 is 4.74 Å². The molecule has 6 heteroatoms. The zero-order valence-electron chi connectivity index (χ0n) is 14.0. The van der Waals surface area contributed by atoms with Crippen LogP contribution in [0.1, 0.15) is 39.0 Å². The van der Waals surface area contributed by atoms with Crippen molar-refractivity contribution in [1.82, 2.24) is 4.90 Å². The van der Waals surface area contributed by atoms with Crippen molar-refractivity contribution in [3.63, 3.8) is 0 Å². The third-order valence-corrected chi connectivity index (χ3v) is 4.98. The Morgan fingerprint density at radius 3 is 2.71 bits per heavy atom. The van der Waals surface area contributed by atoms with E-state index in [4.69, 9.17) is 4.74 Å². The second-order valence-electron chi connectivity index (χ2n) is 6.65. The summed E-state index contributed by atoms with van der Waals surface area (Å²) in [6.07, 6.45) is 3.83. The lowest BCUT2D eigenvalue weighted by Gasteiger charge is -2.44. The fraction of sp³-hybridized carbons (Fsp3) is 0.611. The van der Waals surface area contributed by atoms with Crippen LogP contribution in [0.25, 0.3) is 0 Å². The van der Waals surface area contributed by atoms with Crippen LogP contribution in [0.15, 0.2) is 18.2 Å². The molecule has 24 heavy (non-hydrogen) atoms. The largest absolute Gasteiger partial charge is 0.430 e. The van der Waals surface area contributed by atoms with Gasteiger partial charge in [-0.3, -0.25) is 9.80 Å². The highest BCUT2D eigenvalue weighted by Gasteiger charge is 2.37. The average molecular weight is 338 g/mol. The van der Waals surface area contributed by atoms with Gasteiger partial charge in [-0.15, -0.1) is 0 Å². The average Bonchev–Trinajstić information content (AvgIpc) is 2.59. The molecule has 0 spiro atoms. The zero-order chi connectivity index (χ0) is 17.1. The Labute approximate surface area is 141 Å². The van der Waals surface area contributed by atoms with Crippen molar-refractivity contribution in [2.45, 2.75) is 45.3 Å². The number of unbranched alkanes of at least 4 members (excludes halogenated alkanes) is 1. The molecule has 4 rings (SSSR count). The van der Waals surface area contributed by atoms with E-state index in [2.05, 4.69) is 4.90 Å². The van der Waals surface area contributed by atoms with Gasteiger partial charge in [0.25, 0.3) is 0 Å². The van der Waals surface area contributed by atoms with Gasteiger partial charge in [0, 0.05) is 32.1 Å². The van der Waals surface area contributed by atoms with E-state index in [0.29, 0.717) is 18.9 Å². The van der Waals surface area contributed by atoms with Crippen molar-refractivity contribution in [2.75, 3.05) is 24.5 Å². The fourth-order valence-electron chi connectivity index (χ4n) is 3.53. The van der Waals surface area contributed by atoms with Crippen LogP contribution in [-0.4, -0.2) is 36.9 Å². The van der Waals surface area contributed by atoms with E-state index in [1.165, 1.54) is 4.90 Å². The highest BCUT2D eigenvalue weighted by molar-refractivity contribution is 5.87.